The van der Waals surface area contributed by atoms with Gasteiger partial charge in [-0.05, 0) is 24.1 Å². The smallest absolute Gasteiger partial charge is 0.118 e. The molecule has 3 nitrogen and oxygen atoms in total. The van der Waals surface area contributed by atoms with Gasteiger partial charge in [0.2, 0.25) is 0 Å². The van der Waals surface area contributed by atoms with Crippen LogP contribution in [0.3, 0.4) is 0 Å². The lowest BCUT2D eigenvalue weighted by atomic mass is 10.0. The first-order chi connectivity index (χ1) is 7.33. The third-order valence-corrected chi connectivity index (χ3v) is 2.82. The Morgan fingerprint density at radius 3 is 2.67 bits per heavy atom. The lowest BCUT2D eigenvalue weighted by Crippen LogP contribution is -2.45. The first-order valence-electron chi connectivity index (χ1n) is 5.10. The summed E-state index contributed by atoms with van der Waals surface area (Å²) in [4.78, 5) is 2.18. The summed E-state index contributed by atoms with van der Waals surface area (Å²) in [5.41, 5.74) is 1.23. The molecule has 0 spiro atoms. The maximum atomic E-state index is 8.80. The minimum atomic E-state index is 0.118. The Morgan fingerprint density at radius 1 is 1.47 bits per heavy atom. The normalized spacial score (nSPS) is 20.4. The zero-order valence-corrected chi connectivity index (χ0v) is 8.81. The number of likely N-dealkylation sites (tertiary alicyclic amines) is 1. The fourth-order valence-corrected chi connectivity index (χ4v) is 1.74. The van der Waals surface area contributed by atoms with Gasteiger partial charge in [0.1, 0.15) is 5.75 Å². The first-order valence-corrected chi connectivity index (χ1v) is 5.10. The van der Waals surface area contributed by atoms with E-state index in [0.717, 1.165) is 25.3 Å². The zero-order chi connectivity index (χ0) is 10.7. The van der Waals surface area contributed by atoms with Gasteiger partial charge in [-0.1, -0.05) is 12.1 Å². The maximum Gasteiger partial charge on any atom is 0.118 e. The van der Waals surface area contributed by atoms with Crippen molar-refractivity contribution in [1.82, 2.24) is 4.90 Å². The molecule has 0 saturated carbocycles. The summed E-state index contributed by atoms with van der Waals surface area (Å²) >= 11 is 0. The van der Waals surface area contributed by atoms with E-state index in [-0.39, 0.29) is 6.04 Å². The van der Waals surface area contributed by atoms with Gasteiger partial charge in [-0.2, -0.15) is 5.26 Å². The Balaban J connectivity index is 1.96. The Morgan fingerprint density at radius 2 is 2.20 bits per heavy atom. The second kappa shape index (κ2) is 4.33. The first kappa shape index (κ1) is 10.0. The molecule has 1 aliphatic rings. The molecule has 2 rings (SSSR count). The van der Waals surface area contributed by atoms with Gasteiger partial charge in [0.25, 0.3) is 0 Å². The van der Waals surface area contributed by atoms with Crippen molar-refractivity contribution in [2.45, 2.75) is 19.0 Å². The van der Waals surface area contributed by atoms with Gasteiger partial charge in [0.15, 0.2) is 0 Å². The van der Waals surface area contributed by atoms with Gasteiger partial charge in [-0.3, -0.25) is 4.90 Å². The Bertz CT molecular complexity index is 366. The van der Waals surface area contributed by atoms with Gasteiger partial charge in [-0.25, -0.2) is 0 Å². The molecule has 0 amide bonds. The van der Waals surface area contributed by atoms with E-state index in [1.165, 1.54) is 5.56 Å². The van der Waals surface area contributed by atoms with E-state index >= 15 is 0 Å². The van der Waals surface area contributed by atoms with Gasteiger partial charge >= 0.3 is 0 Å². The number of hydrogen-bond donors (Lipinski definition) is 0. The molecule has 1 atom stereocenters. The summed E-state index contributed by atoms with van der Waals surface area (Å²) in [6, 6.07) is 10.4. The van der Waals surface area contributed by atoms with Crippen LogP contribution in [0.2, 0.25) is 0 Å². The number of methoxy groups -OCH3 is 1. The molecule has 3 heteroatoms. The Kier molecular flexibility index (Phi) is 2.89. The zero-order valence-electron chi connectivity index (χ0n) is 8.81. The molecule has 0 bridgehead atoms. The number of benzene rings is 1. The quantitative estimate of drug-likeness (QED) is 0.749. The third kappa shape index (κ3) is 2.11. The van der Waals surface area contributed by atoms with Crippen LogP contribution in [0.15, 0.2) is 24.3 Å². The fourth-order valence-electron chi connectivity index (χ4n) is 1.74. The molecule has 1 fully saturated rings. The number of nitrogens with zero attached hydrogens (tertiary/aromatic N) is 2. The highest BCUT2D eigenvalue weighted by Gasteiger charge is 2.27. The number of hydrogen-bond acceptors (Lipinski definition) is 3. The van der Waals surface area contributed by atoms with Crippen LogP contribution in [-0.4, -0.2) is 24.6 Å². The molecular weight excluding hydrogens is 188 g/mol. The van der Waals surface area contributed by atoms with Crippen molar-refractivity contribution >= 4 is 0 Å². The molecule has 0 unspecified atom stereocenters. The average Bonchev–Trinajstić information content (AvgIpc) is 2.26. The highest BCUT2D eigenvalue weighted by atomic mass is 16.5. The molecule has 0 aliphatic carbocycles. The van der Waals surface area contributed by atoms with E-state index in [4.69, 9.17) is 10.00 Å². The fraction of sp³-hybridized carbons (Fsp3) is 0.417. The molecule has 1 aromatic carbocycles. The van der Waals surface area contributed by atoms with E-state index in [1.807, 2.05) is 24.3 Å². The highest BCUT2D eigenvalue weighted by Crippen LogP contribution is 2.20. The van der Waals surface area contributed by atoms with Crippen LogP contribution in [0, 0.1) is 11.3 Å². The molecule has 0 aromatic heterocycles. The number of rotatable bonds is 3. The van der Waals surface area contributed by atoms with E-state index in [2.05, 4.69) is 11.0 Å². The lowest BCUT2D eigenvalue weighted by molar-refractivity contribution is 0.122. The van der Waals surface area contributed by atoms with Crippen molar-refractivity contribution in [2.75, 3.05) is 13.7 Å². The summed E-state index contributed by atoms with van der Waals surface area (Å²) in [5.74, 6) is 0.874. The van der Waals surface area contributed by atoms with Crippen molar-refractivity contribution in [1.29, 1.82) is 5.26 Å². The van der Waals surface area contributed by atoms with E-state index in [1.54, 1.807) is 7.11 Å². The topological polar surface area (TPSA) is 36.3 Å². The second-order valence-electron chi connectivity index (χ2n) is 3.75. The molecule has 1 aromatic rings. The minimum absolute atomic E-state index is 0.118. The van der Waals surface area contributed by atoms with Crippen LogP contribution >= 0.6 is 0 Å². The van der Waals surface area contributed by atoms with Gasteiger partial charge in [0, 0.05) is 13.1 Å². The standard InChI is InChI=1S/C12H14N2O/c1-15-12-4-2-10(3-5-12)9-14-7-6-11(14)8-13/h2-5,11H,6-7,9H2,1H3/t11-/m1/s1. The maximum absolute atomic E-state index is 8.80. The Labute approximate surface area is 89.9 Å². The number of nitriles is 1. The SMILES string of the molecule is COc1ccc(CN2CC[C@@H]2C#N)cc1. The largest absolute Gasteiger partial charge is 0.497 e. The third-order valence-electron chi connectivity index (χ3n) is 2.82. The van der Waals surface area contributed by atoms with Crippen molar-refractivity contribution < 1.29 is 4.74 Å². The summed E-state index contributed by atoms with van der Waals surface area (Å²) in [6.07, 6.45) is 1.01. The molecular formula is C12H14N2O. The van der Waals surface area contributed by atoms with Crippen LogP contribution in [0.5, 0.6) is 5.75 Å². The highest BCUT2D eigenvalue weighted by molar-refractivity contribution is 5.27. The predicted octanol–water partition coefficient (Wildman–Crippen LogP) is 1.79. The van der Waals surface area contributed by atoms with Crippen LogP contribution in [0.4, 0.5) is 0 Å². The van der Waals surface area contributed by atoms with Crippen molar-refractivity contribution in [3.8, 4) is 11.8 Å². The summed E-state index contributed by atoms with van der Waals surface area (Å²) in [6.45, 7) is 1.90. The van der Waals surface area contributed by atoms with Crippen LogP contribution in [-0.2, 0) is 6.54 Å². The lowest BCUT2D eigenvalue weighted by Gasteiger charge is -2.36. The van der Waals surface area contributed by atoms with Gasteiger partial charge in [-0.15, -0.1) is 0 Å². The monoisotopic (exact) mass is 202 g/mol. The summed E-state index contributed by atoms with van der Waals surface area (Å²) in [5, 5.41) is 8.80. The Hall–Kier alpha value is -1.53. The summed E-state index contributed by atoms with van der Waals surface area (Å²) in [7, 11) is 1.66. The molecule has 78 valence electrons. The van der Waals surface area contributed by atoms with Crippen LogP contribution < -0.4 is 4.74 Å². The van der Waals surface area contributed by atoms with E-state index in [9.17, 15) is 0 Å². The van der Waals surface area contributed by atoms with Crippen molar-refractivity contribution in [3.63, 3.8) is 0 Å². The molecule has 0 N–H and O–H groups in total. The van der Waals surface area contributed by atoms with Crippen LogP contribution in [0.25, 0.3) is 0 Å². The summed E-state index contributed by atoms with van der Waals surface area (Å²) < 4.78 is 5.09. The van der Waals surface area contributed by atoms with Gasteiger partial charge in [0.05, 0.1) is 19.2 Å². The molecule has 15 heavy (non-hydrogen) atoms. The number of ether oxygens (including phenoxy) is 1. The molecule has 1 saturated heterocycles. The minimum Gasteiger partial charge on any atom is -0.497 e. The average molecular weight is 202 g/mol. The van der Waals surface area contributed by atoms with Crippen molar-refractivity contribution in [2.24, 2.45) is 0 Å². The van der Waals surface area contributed by atoms with Crippen LogP contribution in [0.1, 0.15) is 12.0 Å². The van der Waals surface area contributed by atoms with Crippen molar-refractivity contribution in [3.05, 3.63) is 29.8 Å². The molecule has 1 heterocycles. The van der Waals surface area contributed by atoms with E-state index < -0.39 is 0 Å². The molecule has 1 aliphatic heterocycles. The predicted molar refractivity (Wildman–Crippen MR) is 57.4 cm³/mol. The molecule has 0 radical (unpaired) electrons. The second-order valence-corrected chi connectivity index (χ2v) is 3.75. The van der Waals surface area contributed by atoms with Gasteiger partial charge < -0.3 is 4.74 Å². The van der Waals surface area contributed by atoms with E-state index in [0.29, 0.717) is 0 Å².